The van der Waals surface area contributed by atoms with Gasteiger partial charge in [0.15, 0.2) is 0 Å². The minimum atomic E-state index is -0.194. The third-order valence-corrected chi connectivity index (χ3v) is 7.24. The van der Waals surface area contributed by atoms with Crippen molar-refractivity contribution in [3.05, 3.63) is 48.0 Å². The first-order valence-electron chi connectivity index (χ1n) is 14.4. The van der Waals surface area contributed by atoms with Crippen molar-refractivity contribution in [2.75, 3.05) is 26.4 Å². The Morgan fingerprint density at radius 1 is 0.667 bits per heavy atom. The molecule has 39 heavy (non-hydrogen) atoms. The second kappa shape index (κ2) is 14.8. The van der Waals surface area contributed by atoms with E-state index in [1.807, 2.05) is 38.1 Å². The molecule has 0 aliphatic heterocycles. The molecule has 0 aromatic heterocycles. The minimum Gasteiger partial charge on any atom is -0.489 e. The van der Waals surface area contributed by atoms with E-state index in [9.17, 15) is 9.59 Å². The molecule has 3 aromatic carbocycles. The third-order valence-electron chi connectivity index (χ3n) is 7.24. The van der Waals surface area contributed by atoms with Gasteiger partial charge in [0, 0.05) is 34.4 Å². The van der Waals surface area contributed by atoms with E-state index in [2.05, 4.69) is 39.0 Å². The molecular weight excluding hydrogens is 492 g/mol. The van der Waals surface area contributed by atoms with Crippen LogP contribution in [-0.2, 0) is 24.5 Å². The van der Waals surface area contributed by atoms with Crippen molar-refractivity contribution < 1.29 is 28.5 Å². The predicted molar refractivity (Wildman–Crippen MR) is 157 cm³/mol. The van der Waals surface area contributed by atoms with Crippen LogP contribution in [0.5, 0.6) is 11.5 Å². The molecule has 0 N–H and O–H groups in total. The van der Waals surface area contributed by atoms with E-state index < -0.39 is 0 Å². The van der Waals surface area contributed by atoms with Crippen molar-refractivity contribution in [1.29, 1.82) is 0 Å². The zero-order valence-electron chi connectivity index (χ0n) is 24.3. The van der Waals surface area contributed by atoms with Crippen molar-refractivity contribution in [3.63, 3.8) is 0 Å². The second-order valence-electron chi connectivity index (χ2n) is 10.5. The van der Waals surface area contributed by atoms with Crippen molar-refractivity contribution >= 4 is 33.5 Å². The molecule has 0 saturated carbocycles. The van der Waals surface area contributed by atoms with Gasteiger partial charge in [0.25, 0.3) is 0 Å². The molecule has 0 bridgehead atoms. The summed E-state index contributed by atoms with van der Waals surface area (Å²) >= 11 is 0. The molecule has 3 rings (SSSR count). The monoisotopic (exact) mass is 536 g/mol. The number of hydrogen-bond donors (Lipinski definition) is 0. The number of benzene rings is 3. The lowest BCUT2D eigenvalue weighted by atomic mass is 9.81. The van der Waals surface area contributed by atoms with Gasteiger partial charge in [-0.05, 0) is 36.3 Å². The van der Waals surface area contributed by atoms with Crippen LogP contribution in [0.4, 0.5) is 0 Å². The zero-order valence-corrected chi connectivity index (χ0v) is 24.3. The zero-order chi connectivity index (χ0) is 28.3. The fourth-order valence-electron chi connectivity index (χ4n) is 4.42. The molecule has 0 amide bonds. The lowest BCUT2D eigenvalue weighted by Crippen LogP contribution is -2.16. The lowest BCUT2D eigenvalue weighted by molar-refractivity contribution is -0.145. The quantitative estimate of drug-likeness (QED) is 0.105. The highest BCUT2D eigenvalue weighted by Crippen LogP contribution is 2.44. The van der Waals surface area contributed by atoms with Gasteiger partial charge in [-0.25, -0.2) is 0 Å². The Hall–Kier alpha value is -3.28. The summed E-state index contributed by atoms with van der Waals surface area (Å²) in [6.07, 6.45) is 5.40. The Kier molecular flexibility index (Phi) is 11.5. The maximum Gasteiger partial charge on any atom is 0.305 e. The van der Waals surface area contributed by atoms with Gasteiger partial charge in [-0.15, -0.1) is 0 Å². The first kappa shape index (κ1) is 30.3. The predicted octanol–water partition coefficient (Wildman–Crippen LogP) is 7.91. The fourth-order valence-corrected chi connectivity index (χ4v) is 4.42. The average molecular weight is 537 g/mol. The smallest absolute Gasteiger partial charge is 0.305 e. The first-order valence-corrected chi connectivity index (χ1v) is 14.4. The number of unbranched alkanes of at least 4 members (excludes halogenated alkanes) is 2. The minimum absolute atomic E-state index is 0.0143. The van der Waals surface area contributed by atoms with Crippen LogP contribution in [0.25, 0.3) is 21.5 Å². The van der Waals surface area contributed by atoms with E-state index in [1.165, 1.54) is 5.56 Å². The van der Waals surface area contributed by atoms with E-state index in [-0.39, 0.29) is 43.8 Å². The summed E-state index contributed by atoms with van der Waals surface area (Å²) in [6, 6.07) is 14.4. The van der Waals surface area contributed by atoms with Gasteiger partial charge in [0.05, 0.1) is 0 Å². The molecule has 6 heteroatoms. The molecule has 0 heterocycles. The van der Waals surface area contributed by atoms with Crippen LogP contribution in [0.2, 0.25) is 0 Å². The molecule has 0 unspecified atom stereocenters. The molecule has 0 spiro atoms. The van der Waals surface area contributed by atoms with Crippen LogP contribution in [0.3, 0.4) is 0 Å². The molecule has 0 fully saturated rings. The van der Waals surface area contributed by atoms with Crippen LogP contribution in [0.1, 0.15) is 85.1 Å². The summed E-state index contributed by atoms with van der Waals surface area (Å²) in [5.74, 6) is 1.10. The highest BCUT2D eigenvalue weighted by atomic mass is 16.6. The molecule has 0 saturated heterocycles. The molecule has 3 aromatic rings. The van der Waals surface area contributed by atoms with E-state index in [0.717, 1.165) is 65.1 Å². The lowest BCUT2D eigenvalue weighted by Gasteiger charge is -2.25. The molecule has 212 valence electrons. The van der Waals surface area contributed by atoms with Crippen molar-refractivity contribution in [2.24, 2.45) is 0 Å². The van der Waals surface area contributed by atoms with Gasteiger partial charge in [-0.3, -0.25) is 9.59 Å². The molecule has 0 aliphatic carbocycles. The van der Waals surface area contributed by atoms with Gasteiger partial charge in [0.2, 0.25) is 0 Å². The number of rotatable bonds is 16. The van der Waals surface area contributed by atoms with Crippen LogP contribution in [-0.4, -0.2) is 38.4 Å². The van der Waals surface area contributed by atoms with Crippen LogP contribution in [0.15, 0.2) is 42.5 Å². The average Bonchev–Trinajstić information content (AvgIpc) is 2.95. The Morgan fingerprint density at radius 3 is 1.64 bits per heavy atom. The number of carbonyl (C=O) groups excluding carboxylic acids is 2. The summed E-state index contributed by atoms with van der Waals surface area (Å²) in [6.45, 7) is 11.7. The van der Waals surface area contributed by atoms with Crippen LogP contribution >= 0.6 is 0 Å². The SMILES string of the molecule is CCCCC(=O)OCCOc1c2ccccc2c(OCCOC(=O)CCCC)c2cc(C(C)(C)CC)ccc12. The Labute approximate surface area is 233 Å². The van der Waals surface area contributed by atoms with Crippen molar-refractivity contribution in [2.45, 2.75) is 85.0 Å². The van der Waals surface area contributed by atoms with Crippen molar-refractivity contribution in [1.82, 2.24) is 0 Å². The molecule has 0 aliphatic rings. The Balaban J connectivity index is 1.94. The van der Waals surface area contributed by atoms with E-state index >= 15 is 0 Å². The fraction of sp³-hybridized carbons (Fsp3) is 0.515. The number of ether oxygens (including phenoxy) is 4. The van der Waals surface area contributed by atoms with Crippen molar-refractivity contribution in [3.8, 4) is 11.5 Å². The van der Waals surface area contributed by atoms with Gasteiger partial charge in [-0.1, -0.05) is 83.9 Å². The normalized spacial score (nSPS) is 11.5. The maximum absolute atomic E-state index is 12.0. The van der Waals surface area contributed by atoms with E-state index in [0.29, 0.717) is 12.8 Å². The number of fused-ring (bicyclic) bond motifs is 2. The highest BCUT2D eigenvalue weighted by molar-refractivity contribution is 6.11. The summed E-state index contributed by atoms with van der Waals surface area (Å²) in [7, 11) is 0. The summed E-state index contributed by atoms with van der Waals surface area (Å²) < 4.78 is 23.4. The van der Waals surface area contributed by atoms with Gasteiger partial charge < -0.3 is 18.9 Å². The van der Waals surface area contributed by atoms with E-state index in [1.54, 1.807) is 0 Å². The van der Waals surface area contributed by atoms with Gasteiger partial charge >= 0.3 is 11.9 Å². The molecule has 0 atom stereocenters. The topological polar surface area (TPSA) is 71.1 Å². The molecule has 0 radical (unpaired) electrons. The summed E-state index contributed by atoms with van der Waals surface area (Å²) in [5.41, 5.74) is 1.19. The first-order chi connectivity index (χ1) is 18.8. The van der Waals surface area contributed by atoms with E-state index in [4.69, 9.17) is 18.9 Å². The maximum atomic E-state index is 12.0. The van der Waals surface area contributed by atoms with Gasteiger partial charge in [-0.2, -0.15) is 0 Å². The highest BCUT2D eigenvalue weighted by Gasteiger charge is 2.22. The third kappa shape index (κ3) is 8.11. The largest absolute Gasteiger partial charge is 0.489 e. The number of esters is 2. The number of carbonyl (C=O) groups is 2. The summed E-state index contributed by atoms with van der Waals surface area (Å²) in [5, 5.41) is 3.71. The standard InChI is InChI=1S/C33H44O6/c1-6-9-15-29(34)36-19-21-38-31-25-13-11-12-14-26(25)32(39-22-20-37-30(35)16-10-7-2)28-23-24(17-18-27(28)31)33(4,5)8-3/h11-14,17-18,23H,6-10,15-16,19-22H2,1-5H3. The molecule has 6 nitrogen and oxygen atoms in total. The number of hydrogen-bond acceptors (Lipinski definition) is 6. The molecular formula is C33H44O6. The Morgan fingerprint density at radius 2 is 1.15 bits per heavy atom. The van der Waals surface area contributed by atoms with Crippen LogP contribution in [0, 0.1) is 0 Å². The van der Waals surface area contributed by atoms with Gasteiger partial charge in [0.1, 0.15) is 37.9 Å². The Bertz CT molecular complexity index is 1250. The second-order valence-corrected chi connectivity index (χ2v) is 10.5. The van der Waals surface area contributed by atoms with Crippen LogP contribution < -0.4 is 9.47 Å². The summed E-state index contributed by atoms with van der Waals surface area (Å²) in [4.78, 5) is 23.9.